The number of nitrogens with one attached hydrogen (secondary N) is 1. The Morgan fingerprint density at radius 1 is 1.39 bits per heavy atom. The molecule has 3 nitrogen and oxygen atoms in total. The Bertz CT molecular complexity index is 525. The molecule has 0 saturated carbocycles. The summed E-state index contributed by atoms with van der Waals surface area (Å²) in [6.07, 6.45) is 3.92. The van der Waals surface area contributed by atoms with Crippen molar-refractivity contribution in [1.29, 1.82) is 0 Å². The first-order chi connectivity index (χ1) is 8.65. The molecule has 0 aliphatic rings. The summed E-state index contributed by atoms with van der Waals surface area (Å²) in [7, 11) is 0. The van der Waals surface area contributed by atoms with E-state index in [4.69, 9.17) is 0 Å². The molecule has 0 atom stereocenters. The Hall–Kier alpha value is -0.940. The van der Waals surface area contributed by atoms with E-state index in [1.54, 1.807) is 11.3 Å². The summed E-state index contributed by atoms with van der Waals surface area (Å²) in [6, 6.07) is 2.07. The molecule has 0 spiro atoms. The summed E-state index contributed by atoms with van der Waals surface area (Å²) >= 11 is 5.15. The molecular formula is C13H16BrN3S. The first kappa shape index (κ1) is 13.5. The van der Waals surface area contributed by atoms with Gasteiger partial charge in [0.05, 0.1) is 5.01 Å². The van der Waals surface area contributed by atoms with Gasteiger partial charge >= 0.3 is 0 Å². The van der Waals surface area contributed by atoms with E-state index in [0.29, 0.717) is 0 Å². The maximum absolute atomic E-state index is 4.45. The van der Waals surface area contributed by atoms with Crippen LogP contribution >= 0.6 is 27.3 Å². The lowest BCUT2D eigenvalue weighted by Gasteiger charge is -2.07. The molecule has 0 radical (unpaired) electrons. The van der Waals surface area contributed by atoms with E-state index < -0.39 is 0 Å². The summed E-state index contributed by atoms with van der Waals surface area (Å²) in [5, 5.41) is 6.68. The van der Waals surface area contributed by atoms with Crippen LogP contribution in [0, 0.1) is 13.8 Å². The van der Waals surface area contributed by atoms with Crippen molar-refractivity contribution in [2.45, 2.75) is 26.7 Å². The molecule has 2 heterocycles. The molecule has 0 aliphatic heterocycles. The predicted molar refractivity (Wildman–Crippen MR) is 80.3 cm³/mol. The van der Waals surface area contributed by atoms with Crippen LogP contribution in [0.25, 0.3) is 0 Å². The lowest BCUT2D eigenvalue weighted by molar-refractivity contribution is 0.847. The number of aryl methyl sites for hydroxylation is 3. The van der Waals surface area contributed by atoms with Crippen LogP contribution in [0.3, 0.4) is 0 Å². The van der Waals surface area contributed by atoms with Crippen LogP contribution in [-0.4, -0.2) is 16.5 Å². The fraction of sp³-hybridized carbons (Fsp3) is 0.385. The van der Waals surface area contributed by atoms with Crippen molar-refractivity contribution >= 4 is 33.1 Å². The molecular weight excluding hydrogens is 310 g/mol. The summed E-state index contributed by atoms with van der Waals surface area (Å²) in [5.74, 6) is 0.966. The third kappa shape index (κ3) is 3.78. The highest BCUT2D eigenvalue weighted by molar-refractivity contribution is 9.10. The summed E-state index contributed by atoms with van der Waals surface area (Å²) in [6.45, 7) is 5.02. The highest BCUT2D eigenvalue weighted by Crippen LogP contribution is 2.17. The number of halogens is 1. The largest absolute Gasteiger partial charge is 0.370 e. The van der Waals surface area contributed by atoms with Crippen LogP contribution in [0.4, 0.5) is 5.82 Å². The van der Waals surface area contributed by atoms with Gasteiger partial charge in [-0.2, -0.15) is 0 Å². The topological polar surface area (TPSA) is 37.8 Å². The molecule has 96 valence electrons. The van der Waals surface area contributed by atoms with Gasteiger partial charge in [0.15, 0.2) is 0 Å². The van der Waals surface area contributed by atoms with Gasteiger partial charge in [-0.25, -0.2) is 9.97 Å². The highest BCUT2D eigenvalue weighted by Gasteiger charge is 2.01. The predicted octanol–water partition coefficient (Wildman–Crippen LogP) is 3.96. The van der Waals surface area contributed by atoms with Crippen molar-refractivity contribution in [1.82, 2.24) is 9.97 Å². The van der Waals surface area contributed by atoms with E-state index >= 15 is 0 Å². The zero-order valence-electron chi connectivity index (χ0n) is 10.5. The van der Waals surface area contributed by atoms with Gasteiger partial charge < -0.3 is 5.32 Å². The maximum atomic E-state index is 4.45. The van der Waals surface area contributed by atoms with Crippen molar-refractivity contribution in [3.05, 3.63) is 38.4 Å². The van der Waals surface area contributed by atoms with Gasteiger partial charge in [-0.05, 0) is 47.8 Å². The number of hydrogen-bond donors (Lipinski definition) is 1. The quantitative estimate of drug-likeness (QED) is 0.845. The third-order valence-corrected chi connectivity index (χ3v) is 4.03. The fourth-order valence-corrected chi connectivity index (χ4v) is 2.95. The van der Waals surface area contributed by atoms with Gasteiger partial charge in [-0.3, -0.25) is 0 Å². The number of aromatic nitrogens is 2. The second-order valence-electron chi connectivity index (χ2n) is 4.23. The zero-order chi connectivity index (χ0) is 13.0. The number of pyridine rings is 1. The van der Waals surface area contributed by atoms with Crippen LogP contribution in [0.1, 0.15) is 22.7 Å². The first-order valence-corrected chi connectivity index (χ1v) is 7.59. The van der Waals surface area contributed by atoms with E-state index in [9.17, 15) is 0 Å². The standard InChI is InChI=1S/C13H16BrN3S/c1-9-6-11(14)7-16-13(9)15-5-3-4-12-17-10(2)8-18-12/h6-8H,3-5H2,1-2H3,(H,15,16). The zero-order valence-corrected chi connectivity index (χ0v) is 12.9. The normalized spacial score (nSPS) is 10.6. The van der Waals surface area contributed by atoms with Crippen molar-refractivity contribution in [2.75, 3.05) is 11.9 Å². The number of anilines is 1. The monoisotopic (exact) mass is 325 g/mol. The Labute approximate surface area is 120 Å². The molecule has 0 bridgehead atoms. The molecule has 0 saturated heterocycles. The van der Waals surface area contributed by atoms with Gasteiger partial charge in [-0.15, -0.1) is 11.3 Å². The van der Waals surface area contributed by atoms with Crippen molar-refractivity contribution < 1.29 is 0 Å². The SMILES string of the molecule is Cc1csc(CCCNc2ncc(Br)cc2C)n1. The summed E-state index contributed by atoms with van der Waals surface area (Å²) in [5.41, 5.74) is 2.28. The lowest BCUT2D eigenvalue weighted by Crippen LogP contribution is -2.06. The lowest BCUT2D eigenvalue weighted by atomic mass is 10.2. The van der Waals surface area contributed by atoms with Crippen LogP contribution < -0.4 is 5.32 Å². The molecule has 5 heteroatoms. The second-order valence-corrected chi connectivity index (χ2v) is 6.09. The van der Waals surface area contributed by atoms with E-state index in [2.05, 4.69) is 49.6 Å². The average molecular weight is 326 g/mol. The van der Waals surface area contributed by atoms with Crippen LogP contribution in [0.15, 0.2) is 22.1 Å². The molecule has 2 rings (SSSR count). The van der Waals surface area contributed by atoms with E-state index in [-0.39, 0.29) is 0 Å². The van der Waals surface area contributed by atoms with Gasteiger partial charge in [0, 0.05) is 34.7 Å². The van der Waals surface area contributed by atoms with Gasteiger partial charge in [0.25, 0.3) is 0 Å². The molecule has 1 N–H and O–H groups in total. The summed E-state index contributed by atoms with van der Waals surface area (Å²) < 4.78 is 1.02. The van der Waals surface area contributed by atoms with E-state index in [1.165, 1.54) is 5.01 Å². The van der Waals surface area contributed by atoms with Gasteiger partial charge in [0.1, 0.15) is 5.82 Å². The molecule has 0 fully saturated rings. The Morgan fingerprint density at radius 2 is 2.22 bits per heavy atom. The molecule has 0 amide bonds. The first-order valence-electron chi connectivity index (χ1n) is 5.92. The Kier molecular flexibility index (Phi) is 4.72. The minimum atomic E-state index is 0.925. The highest BCUT2D eigenvalue weighted by atomic mass is 79.9. The smallest absolute Gasteiger partial charge is 0.128 e. The molecule has 0 unspecified atom stereocenters. The van der Waals surface area contributed by atoms with Crippen LogP contribution in [-0.2, 0) is 6.42 Å². The number of thiazole rings is 1. The molecule has 2 aromatic heterocycles. The minimum Gasteiger partial charge on any atom is -0.370 e. The van der Waals surface area contributed by atoms with Crippen molar-refractivity contribution in [3.63, 3.8) is 0 Å². The Balaban J connectivity index is 1.78. The number of hydrogen-bond acceptors (Lipinski definition) is 4. The third-order valence-electron chi connectivity index (χ3n) is 2.57. The molecule has 18 heavy (non-hydrogen) atoms. The molecule has 0 aliphatic carbocycles. The Morgan fingerprint density at radius 3 is 2.89 bits per heavy atom. The van der Waals surface area contributed by atoms with E-state index in [1.807, 2.05) is 13.1 Å². The maximum Gasteiger partial charge on any atom is 0.128 e. The van der Waals surface area contributed by atoms with Crippen LogP contribution in [0.5, 0.6) is 0 Å². The van der Waals surface area contributed by atoms with Gasteiger partial charge in [-0.1, -0.05) is 0 Å². The van der Waals surface area contributed by atoms with Gasteiger partial charge in [0.2, 0.25) is 0 Å². The molecule has 0 aromatic carbocycles. The average Bonchev–Trinajstić information content (AvgIpc) is 2.73. The number of rotatable bonds is 5. The number of nitrogens with zero attached hydrogens (tertiary/aromatic N) is 2. The van der Waals surface area contributed by atoms with Crippen molar-refractivity contribution in [3.8, 4) is 0 Å². The van der Waals surface area contributed by atoms with E-state index in [0.717, 1.165) is 40.9 Å². The fourth-order valence-electron chi connectivity index (χ4n) is 1.69. The minimum absolute atomic E-state index is 0.925. The van der Waals surface area contributed by atoms with Crippen molar-refractivity contribution in [2.24, 2.45) is 0 Å². The molecule has 2 aromatic rings. The second kappa shape index (κ2) is 6.29. The summed E-state index contributed by atoms with van der Waals surface area (Å²) in [4.78, 5) is 8.81. The van der Waals surface area contributed by atoms with Crippen LogP contribution in [0.2, 0.25) is 0 Å².